The number of aliphatic hydroxyl groups excluding tert-OH is 4. The van der Waals surface area contributed by atoms with E-state index in [1.807, 2.05) is 0 Å². The van der Waals surface area contributed by atoms with Crippen molar-refractivity contribution >= 4 is 0 Å². The van der Waals surface area contributed by atoms with Crippen molar-refractivity contribution < 1.29 is 29.6 Å². The maximum Gasteiger partial charge on any atom is 0.228 e. The summed E-state index contributed by atoms with van der Waals surface area (Å²) in [4.78, 5) is 0. The van der Waals surface area contributed by atoms with Gasteiger partial charge in [-0.15, -0.1) is 0 Å². The topological polar surface area (TPSA) is 90.2 Å². The lowest BCUT2D eigenvalue weighted by atomic mass is 10.00. The van der Waals surface area contributed by atoms with Gasteiger partial charge in [-0.25, -0.2) is 4.39 Å². The molecular weight excluding hydrogens is 170 g/mol. The van der Waals surface area contributed by atoms with E-state index in [1.165, 1.54) is 0 Å². The summed E-state index contributed by atoms with van der Waals surface area (Å²) in [5, 5.41) is 35.4. The molecule has 1 saturated heterocycles. The molecule has 1 aliphatic heterocycles. The number of alkyl halides is 1. The Hall–Kier alpha value is -0.270. The van der Waals surface area contributed by atoms with Crippen LogP contribution in [0.2, 0.25) is 0 Å². The summed E-state index contributed by atoms with van der Waals surface area (Å²) in [6.45, 7) is -0.606. The molecule has 0 saturated carbocycles. The van der Waals surface area contributed by atoms with Crippen LogP contribution >= 0.6 is 0 Å². The van der Waals surface area contributed by atoms with Crippen LogP contribution in [-0.4, -0.2) is 57.8 Å². The number of aliphatic hydroxyl groups is 4. The van der Waals surface area contributed by atoms with Gasteiger partial charge >= 0.3 is 0 Å². The van der Waals surface area contributed by atoms with E-state index in [-0.39, 0.29) is 0 Å². The summed E-state index contributed by atoms with van der Waals surface area (Å²) in [7, 11) is 0. The fourth-order valence-corrected chi connectivity index (χ4v) is 1.06. The van der Waals surface area contributed by atoms with Gasteiger partial charge in [0.2, 0.25) is 6.36 Å². The zero-order valence-electron chi connectivity index (χ0n) is 6.17. The molecule has 0 aliphatic carbocycles. The number of hydrogen-bond donors (Lipinski definition) is 4. The molecule has 0 aromatic rings. The van der Waals surface area contributed by atoms with Gasteiger partial charge in [0.15, 0.2) is 0 Å². The van der Waals surface area contributed by atoms with Gasteiger partial charge in [0.25, 0.3) is 0 Å². The van der Waals surface area contributed by atoms with Crippen molar-refractivity contribution in [3.8, 4) is 0 Å². The van der Waals surface area contributed by atoms with Crippen LogP contribution in [0, 0.1) is 0 Å². The molecule has 6 heteroatoms. The zero-order chi connectivity index (χ0) is 9.30. The van der Waals surface area contributed by atoms with Crippen molar-refractivity contribution in [1.82, 2.24) is 0 Å². The van der Waals surface area contributed by atoms with Crippen LogP contribution in [0.4, 0.5) is 4.39 Å². The van der Waals surface area contributed by atoms with Gasteiger partial charge in [-0.2, -0.15) is 0 Å². The van der Waals surface area contributed by atoms with Crippen LogP contribution < -0.4 is 0 Å². The highest BCUT2D eigenvalue weighted by molar-refractivity contribution is 4.88. The Labute approximate surface area is 68.0 Å². The first-order valence-corrected chi connectivity index (χ1v) is 3.52. The second-order valence-corrected chi connectivity index (χ2v) is 2.68. The maximum atomic E-state index is 12.6. The summed E-state index contributed by atoms with van der Waals surface area (Å²) in [6.07, 6.45) is -8.09. The molecule has 0 spiro atoms. The van der Waals surface area contributed by atoms with Crippen molar-refractivity contribution in [2.75, 3.05) is 6.61 Å². The Bertz CT molecular complexity index is 150. The number of rotatable bonds is 1. The third-order valence-electron chi connectivity index (χ3n) is 1.83. The largest absolute Gasteiger partial charge is 0.394 e. The lowest BCUT2D eigenvalue weighted by Crippen LogP contribution is -2.57. The van der Waals surface area contributed by atoms with Crippen molar-refractivity contribution in [3.63, 3.8) is 0 Å². The summed E-state index contributed by atoms with van der Waals surface area (Å²) < 4.78 is 16.9. The Morgan fingerprint density at radius 3 is 2.17 bits per heavy atom. The molecule has 0 radical (unpaired) electrons. The fourth-order valence-electron chi connectivity index (χ4n) is 1.06. The average Bonchev–Trinajstić information content (AvgIpc) is 2.08. The first-order valence-electron chi connectivity index (χ1n) is 3.52. The third kappa shape index (κ3) is 1.57. The summed E-state index contributed by atoms with van der Waals surface area (Å²) in [5.41, 5.74) is 0. The molecule has 12 heavy (non-hydrogen) atoms. The molecule has 72 valence electrons. The molecule has 0 unspecified atom stereocenters. The van der Waals surface area contributed by atoms with E-state index in [0.29, 0.717) is 0 Å². The van der Waals surface area contributed by atoms with Gasteiger partial charge in [-0.1, -0.05) is 0 Å². The molecule has 1 heterocycles. The van der Waals surface area contributed by atoms with Gasteiger partial charge in [0.05, 0.1) is 6.61 Å². The normalized spacial score (nSPS) is 49.2. The molecule has 5 nitrogen and oxygen atoms in total. The van der Waals surface area contributed by atoms with Gasteiger partial charge in [-0.05, 0) is 0 Å². The second-order valence-electron chi connectivity index (χ2n) is 2.68. The van der Waals surface area contributed by atoms with Crippen LogP contribution in [-0.2, 0) is 4.74 Å². The first kappa shape index (κ1) is 9.82. The number of ether oxygens (including phenoxy) is 1. The van der Waals surface area contributed by atoms with Crippen LogP contribution in [0.25, 0.3) is 0 Å². The molecule has 5 atom stereocenters. The van der Waals surface area contributed by atoms with E-state index < -0.39 is 37.4 Å². The standard InChI is InChI=1S/C6H11FO5/c7-6-5(11)4(10)3(9)2(1-8)12-6/h2-6,8-11H,1H2/t2-,3-,4+,5-,6+/m1/s1/i7-1. The summed E-state index contributed by atoms with van der Waals surface area (Å²) >= 11 is 0. The van der Waals surface area contributed by atoms with E-state index in [2.05, 4.69) is 4.74 Å². The molecule has 0 aromatic heterocycles. The molecule has 1 fully saturated rings. The van der Waals surface area contributed by atoms with E-state index >= 15 is 0 Å². The lowest BCUT2D eigenvalue weighted by Gasteiger charge is -2.36. The quantitative estimate of drug-likeness (QED) is 0.367. The monoisotopic (exact) mass is 181 g/mol. The van der Waals surface area contributed by atoms with Gasteiger partial charge in [0.1, 0.15) is 24.4 Å². The molecule has 0 amide bonds. The van der Waals surface area contributed by atoms with Crippen LogP contribution in [0.15, 0.2) is 0 Å². The molecule has 1 rings (SSSR count). The Morgan fingerprint density at radius 1 is 1.08 bits per heavy atom. The van der Waals surface area contributed by atoms with E-state index in [0.717, 1.165) is 0 Å². The van der Waals surface area contributed by atoms with Gasteiger partial charge in [0, 0.05) is 0 Å². The molecule has 0 aromatic carbocycles. The highest BCUT2D eigenvalue weighted by Crippen LogP contribution is 2.21. The predicted molar refractivity (Wildman–Crippen MR) is 34.9 cm³/mol. The lowest BCUT2D eigenvalue weighted by molar-refractivity contribution is -0.262. The molecular formula is C6H11FO5. The first-order chi connectivity index (χ1) is 5.57. The maximum absolute atomic E-state index is 12.6. The number of hydrogen-bond acceptors (Lipinski definition) is 5. The van der Waals surface area contributed by atoms with Crippen LogP contribution in [0.5, 0.6) is 0 Å². The average molecular weight is 181 g/mol. The Balaban J connectivity index is 2.63. The predicted octanol–water partition coefficient (Wildman–Crippen LogP) is -2.24. The Kier molecular flexibility index (Phi) is 2.97. The molecule has 1 aliphatic rings. The zero-order valence-corrected chi connectivity index (χ0v) is 6.17. The smallest absolute Gasteiger partial charge is 0.228 e. The van der Waals surface area contributed by atoms with E-state index in [9.17, 15) is 4.39 Å². The molecule has 0 bridgehead atoms. The minimum Gasteiger partial charge on any atom is -0.394 e. The minimum atomic E-state index is -2.07. The number of halogens is 1. The highest BCUT2D eigenvalue weighted by Gasteiger charge is 2.43. The fraction of sp³-hybridized carbons (Fsp3) is 1.00. The van der Waals surface area contributed by atoms with Crippen LogP contribution in [0.3, 0.4) is 0 Å². The second kappa shape index (κ2) is 3.63. The summed E-state index contributed by atoms with van der Waals surface area (Å²) in [6, 6.07) is 0. The molecule has 4 N–H and O–H groups in total. The third-order valence-corrected chi connectivity index (χ3v) is 1.83. The van der Waals surface area contributed by atoms with E-state index in [4.69, 9.17) is 20.4 Å². The van der Waals surface area contributed by atoms with Crippen molar-refractivity contribution in [1.29, 1.82) is 0 Å². The highest BCUT2D eigenvalue weighted by atomic mass is 18.2. The Morgan fingerprint density at radius 2 is 1.67 bits per heavy atom. The van der Waals surface area contributed by atoms with E-state index in [1.54, 1.807) is 0 Å². The van der Waals surface area contributed by atoms with Gasteiger partial charge < -0.3 is 25.2 Å². The van der Waals surface area contributed by atoms with Crippen molar-refractivity contribution in [2.45, 2.75) is 30.8 Å². The van der Waals surface area contributed by atoms with Crippen molar-refractivity contribution in [2.24, 2.45) is 0 Å². The van der Waals surface area contributed by atoms with Crippen molar-refractivity contribution in [3.05, 3.63) is 0 Å². The SMILES string of the molecule is OC[C@H]1O[C@H]([18F])[C@H](O)[C@@H](O)[C@@H]1O. The van der Waals surface area contributed by atoms with Gasteiger partial charge in [-0.3, -0.25) is 0 Å². The summed E-state index contributed by atoms with van der Waals surface area (Å²) in [5.74, 6) is 0. The minimum absolute atomic E-state index is 0.606. The van der Waals surface area contributed by atoms with Crippen LogP contribution in [0.1, 0.15) is 0 Å².